The summed E-state index contributed by atoms with van der Waals surface area (Å²) in [4.78, 5) is 28.3. The van der Waals surface area contributed by atoms with Crippen molar-refractivity contribution >= 4 is 39.1 Å². The van der Waals surface area contributed by atoms with Gasteiger partial charge in [-0.1, -0.05) is 79.0 Å². The summed E-state index contributed by atoms with van der Waals surface area (Å²) >= 11 is 6.19. The maximum absolute atomic E-state index is 13.8. The number of anilines is 1. The third kappa shape index (κ3) is 7.58. The first kappa shape index (κ1) is 29.2. The minimum absolute atomic E-state index is 0.0446. The van der Waals surface area contributed by atoms with Crippen LogP contribution in [0.3, 0.4) is 0 Å². The number of aryl methyl sites for hydroxylation is 1. The fourth-order valence-corrected chi connectivity index (χ4v) is 5.50. The number of hydrogen-bond donors (Lipinski definition) is 1. The Hall–Kier alpha value is -3.36. The van der Waals surface area contributed by atoms with Gasteiger partial charge in [-0.05, 0) is 56.2 Å². The van der Waals surface area contributed by atoms with Gasteiger partial charge in [0.2, 0.25) is 11.8 Å². The molecule has 0 unspecified atom stereocenters. The average Bonchev–Trinajstić information content (AvgIpc) is 2.91. The summed E-state index contributed by atoms with van der Waals surface area (Å²) < 4.78 is 28.5. The Balaban J connectivity index is 1.98. The second-order valence-corrected chi connectivity index (χ2v) is 11.4. The van der Waals surface area contributed by atoms with Crippen molar-refractivity contribution in [2.45, 2.75) is 51.1 Å². The number of nitrogens with one attached hydrogen (secondary N) is 1. The van der Waals surface area contributed by atoms with Crippen molar-refractivity contribution in [3.8, 4) is 0 Å². The molecule has 1 N–H and O–H groups in total. The zero-order chi connectivity index (χ0) is 27.7. The maximum Gasteiger partial charge on any atom is 0.264 e. The first-order valence-electron chi connectivity index (χ1n) is 12.6. The monoisotopic (exact) mass is 555 g/mol. The molecule has 0 spiro atoms. The van der Waals surface area contributed by atoms with Gasteiger partial charge in [0.25, 0.3) is 10.0 Å². The molecule has 0 saturated carbocycles. The molecular formula is C29H34ClN3O4S. The van der Waals surface area contributed by atoms with Crippen LogP contribution in [-0.2, 0) is 26.2 Å². The lowest BCUT2D eigenvalue weighted by atomic mass is 10.1. The van der Waals surface area contributed by atoms with Crippen LogP contribution in [0.1, 0.15) is 37.8 Å². The number of nitrogens with zero attached hydrogens (tertiary/aromatic N) is 2. The Morgan fingerprint density at radius 1 is 0.974 bits per heavy atom. The van der Waals surface area contributed by atoms with Gasteiger partial charge in [-0.25, -0.2) is 8.42 Å². The number of amides is 2. The number of hydrogen-bond acceptors (Lipinski definition) is 4. The van der Waals surface area contributed by atoms with E-state index in [0.717, 1.165) is 28.3 Å². The summed E-state index contributed by atoms with van der Waals surface area (Å²) in [5, 5.41) is 3.22. The summed E-state index contributed by atoms with van der Waals surface area (Å²) in [6.45, 7) is 5.80. The van der Waals surface area contributed by atoms with Crippen LogP contribution in [0.4, 0.5) is 5.69 Å². The predicted molar refractivity (Wildman–Crippen MR) is 152 cm³/mol. The van der Waals surface area contributed by atoms with Gasteiger partial charge >= 0.3 is 0 Å². The van der Waals surface area contributed by atoms with Crippen LogP contribution < -0.4 is 9.62 Å². The van der Waals surface area contributed by atoms with E-state index in [2.05, 4.69) is 5.32 Å². The molecule has 0 aliphatic rings. The van der Waals surface area contributed by atoms with Gasteiger partial charge < -0.3 is 10.2 Å². The van der Waals surface area contributed by atoms with Crippen molar-refractivity contribution in [3.63, 3.8) is 0 Å². The molecule has 0 heterocycles. The van der Waals surface area contributed by atoms with E-state index in [-0.39, 0.29) is 23.0 Å². The number of rotatable bonds is 12. The van der Waals surface area contributed by atoms with Crippen LogP contribution in [0.2, 0.25) is 5.02 Å². The van der Waals surface area contributed by atoms with Crippen LogP contribution in [0.15, 0.2) is 83.8 Å². The second kappa shape index (κ2) is 13.4. The standard InChI is InChI=1S/C29H34ClN3O4S/c1-4-5-18-31-29(35)23(3)32(20-24-16-14-22(2)15-17-24)28(34)21-33(26-11-9-10-25(30)19-26)38(36,37)27-12-7-6-8-13-27/h6-17,19,23H,4-5,18,20-21H2,1-3H3,(H,31,35)/t23-/m1/s1. The minimum atomic E-state index is -4.11. The summed E-state index contributed by atoms with van der Waals surface area (Å²) in [6, 6.07) is 21.1. The maximum atomic E-state index is 13.8. The van der Waals surface area contributed by atoms with Crippen molar-refractivity contribution in [3.05, 3.63) is 95.0 Å². The lowest BCUT2D eigenvalue weighted by molar-refractivity contribution is -0.139. The van der Waals surface area contributed by atoms with Gasteiger partial charge in [-0.3, -0.25) is 13.9 Å². The Morgan fingerprint density at radius 3 is 2.29 bits per heavy atom. The van der Waals surface area contributed by atoms with E-state index in [1.165, 1.54) is 23.1 Å². The molecule has 0 radical (unpaired) electrons. The van der Waals surface area contributed by atoms with E-state index in [1.807, 2.05) is 38.1 Å². The summed E-state index contributed by atoms with van der Waals surface area (Å²) in [7, 11) is -4.11. The van der Waals surface area contributed by atoms with Gasteiger partial charge in [0.15, 0.2) is 0 Å². The van der Waals surface area contributed by atoms with Gasteiger partial charge in [-0.15, -0.1) is 0 Å². The van der Waals surface area contributed by atoms with Crippen LogP contribution in [0.5, 0.6) is 0 Å². The largest absolute Gasteiger partial charge is 0.354 e. The molecule has 0 fully saturated rings. The van der Waals surface area contributed by atoms with Gasteiger partial charge in [0.05, 0.1) is 10.6 Å². The number of halogens is 1. The van der Waals surface area contributed by atoms with E-state index in [0.29, 0.717) is 11.6 Å². The molecule has 38 heavy (non-hydrogen) atoms. The first-order chi connectivity index (χ1) is 18.1. The van der Waals surface area contributed by atoms with Crippen molar-refractivity contribution in [2.75, 3.05) is 17.4 Å². The highest BCUT2D eigenvalue weighted by molar-refractivity contribution is 7.92. The van der Waals surface area contributed by atoms with Crippen LogP contribution in [0.25, 0.3) is 0 Å². The third-order valence-electron chi connectivity index (χ3n) is 6.18. The Morgan fingerprint density at radius 2 is 1.66 bits per heavy atom. The molecule has 3 aromatic rings. The fourth-order valence-electron chi connectivity index (χ4n) is 3.89. The van der Waals surface area contributed by atoms with Crippen molar-refractivity contribution in [1.29, 1.82) is 0 Å². The number of carbonyl (C=O) groups is 2. The summed E-state index contributed by atoms with van der Waals surface area (Å²) in [5.74, 6) is -0.803. The van der Waals surface area contributed by atoms with Crippen molar-refractivity contribution in [2.24, 2.45) is 0 Å². The van der Waals surface area contributed by atoms with Crippen molar-refractivity contribution in [1.82, 2.24) is 10.2 Å². The third-order valence-corrected chi connectivity index (χ3v) is 8.20. The molecule has 0 aromatic heterocycles. The summed E-state index contributed by atoms with van der Waals surface area (Å²) in [5.41, 5.74) is 2.15. The first-order valence-corrected chi connectivity index (χ1v) is 14.4. The summed E-state index contributed by atoms with van der Waals surface area (Å²) in [6.07, 6.45) is 1.74. The molecule has 0 saturated heterocycles. The average molecular weight is 556 g/mol. The molecule has 202 valence electrons. The van der Waals surface area contributed by atoms with Gasteiger partial charge in [-0.2, -0.15) is 0 Å². The molecule has 1 atom stereocenters. The number of unbranched alkanes of at least 4 members (excludes halogenated alkanes) is 1. The molecular weight excluding hydrogens is 522 g/mol. The Kier molecular flexibility index (Phi) is 10.3. The lowest BCUT2D eigenvalue weighted by Crippen LogP contribution is -2.51. The smallest absolute Gasteiger partial charge is 0.264 e. The molecule has 3 rings (SSSR count). The zero-order valence-electron chi connectivity index (χ0n) is 21.9. The topological polar surface area (TPSA) is 86.8 Å². The quantitative estimate of drug-likeness (QED) is 0.312. The van der Waals surface area contributed by atoms with E-state index < -0.39 is 28.5 Å². The molecule has 0 bridgehead atoms. The minimum Gasteiger partial charge on any atom is -0.354 e. The Bertz CT molecular complexity index is 1330. The highest BCUT2D eigenvalue weighted by atomic mass is 35.5. The van der Waals surface area contributed by atoms with E-state index >= 15 is 0 Å². The SMILES string of the molecule is CCCCNC(=O)[C@@H](C)N(Cc1ccc(C)cc1)C(=O)CN(c1cccc(Cl)c1)S(=O)(=O)c1ccccc1. The van der Waals surface area contributed by atoms with Gasteiger partial charge in [0, 0.05) is 18.1 Å². The molecule has 9 heteroatoms. The molecule has 0 aliphatic carbocycles. The molecule has 7 nitrogen and oxygen atoms in total. The number of benzene rings is 3. The highest BCUT2D eigenvalue weighted by Gasteiger charge is 2.32. The highest BCUT2D eigenvalue weighted by Crippen LogP contribution is 2.26. The van der Waals surface area contributed by atoms with Crippen LogP contribution in [0, 0.1) is 6.92 Å². The van der Waals surface area contributed by atoms with Crippen LogP contribution in [-0.4, -0.2) is 44.3 Å². The molecule has 3 aromatic carbocycles. The predicted octanol–water partition coefficient (Wildman–Crippen LogP) is 5.18. The van der Waals surface area contributed by atoms with E-state index in [4.69, 9.17) is 11.6 Å². The van der Waals surface area contributed by atoms with Crippen LogP contribution >= 0.6 is 11.6 Å². The lowest BCUT2D eigenvalue weighted by Gasteiger charge is -2.32. The zero-order valence-corrected chi connectivity index (χ0v) is 23.5. The molecule has 2 amide bonds. The second-order valence-electron chi connectivity index (χ2n) is 9.13. The van der Waals surface area contributed by atoms with E-state index in [1.54, 1.807) is 43.3 Å². The van der Waals surface area contributed by atoms with Crippen molar-refractivity contribution < 1.29 is 18.0 Å². The molecule has 0 aliphatic heterocycles. The fraction of sp³-hybridized carbons (Fsp3) is 0.310. The van der Waals surface area contributed by atoms with E-state index in [9.17, 15) is 18.0 Å². The number of carbonyl (C=O) groups excluding carboxylic acids is 2. The Labute approximate surface area is 230 Å². The van der Waals surface area contributed by atoms with Gasteiger partial charge in [0.1, 0.15) is 12.6 Å². The normalized spacial score (nSPS) is 12.0. The number of sulfonamides is 1.